The van der Waals surface area contributed by atoms with Crippen LogP contribution in [0.25, 0.3) is 0 Å². The van der Waals surface area contributed by atoms with Crippen molar-refractivity contribution in [2.45, 2.75) is 50.1 Å². The summed E-state index contributed by atoms with van der Waals surface area (Å²) in [4.78, 5) is 17.5. The average Bonchev–Trinajstić information content (AvgIpc) is 2.90. The maximum Gasteiger partial charge on any atom is 0.253 e. The molecule has 5 heteroatoms. The van der Waals surface area contributed by atoms with Crippen molar-refractivity contribution < 1.29 is 4.79 Å². The van der Waals surface area contributed by atoms with E-state index in [1.165, 1.54) is 32.1 Å². The normalized spacial score (nSPS) is 28.3. The number of halogens is 2. The molecular weight excluding hydrogens is 420 g/mol. The molecule has 1 amide bonds. The van der Waals surface area contributed by atoms with E-state index in [4.69, 9.17) is 0 Å². The molecular formula is C18H24Br2N2O. The van der Waals surface area contributed by atoms with Gasteiger partial charge in [-0.05, 0) is 89.3 Å². The predicted molar refractivity (Wildman–Crippen MR) is 101 cm³/mol. The molecule has 126 valence electrons. The first kappa shape index (κ1) is 17.4. The molecule has 3 rings (SSSR count). The fraction of sp³-hybridized carbons (Fsp3) is 0.611. The highest BCUT2D eigenvalue weighted by atomic mass is 79.9. The molecule has 0 unspecified atom stereocenters. The van der Waals surface area contributed by atoms with Crippen molar-refractivity contribution in [1.29, 1.82) is 0 Å². The molecule has 1 aromatic carbocycles. The fourth-order valence-corrected chi connectivity index (χ4v) is 5.13. The van der Waals surface area contributed by atoms with E-state index in [2.05, 4.69) is 43.8 Å². The minimum atomic E-state index is 0.129. The number of hydrogen-bond donors (Lipinski definition) is 0. The van der Waals surface area contributed by atoms with E-state index in [0.717, 1.165) is 27.5 Å². The summed E-state index contributed by atoms with van der Waals surface area (Å²) >= 11 is 6.97. The van der Waals surface area contributed by atoms with Crippen LogP contribution in [0.5, 0.6) is 0 Å². The molecule has 1 saturated heterocycles. The summed E-state index contributed by atoms with van der Waals surface area (Å²) in [7, 11) is 4.22. The van der Waals surface area contributed by atoms with Crippen molar-refractivity contribution in [3.8, 4) is 0 Å². The summed E-state index contributed by atoms with van der Waals surface area (Å²) in [6.07, 6.45) is 7.31. The van der Waals surface area contributed by atoms with Crippen LogP contribution < -0.4 is 0 Å². The second-order valence-corrected chi connectivity index (χ2v) is 8.64. The SMILES string of the molecule is CN(C(=O)c1ccc(Br)c(Br)c1)[C@@H]1CCCC[C@]12CCCN2C. The van der Waals surface area contributed by atoms with Crippen LogP contribution in [0.4, 0.5) is 0 Å². The van der Waals surface area contributed by atoms with Gasteiger partial charge in [0, 0.05) is 27.1 Å². The van der Waals surface area contributed by atoms with E-state index < -0.39 is 0 Å². The van der Waals surface area contributed by atoms with Gasteiger partial charge in [0.15, 0.2) is 0 Å². The molecule has 1 saturated carbocycles. The van der Waals surface area contributed by atoms with Crippen molar-refractivity contribution in [2.24, 2.45) is 0 Å². The Balaban J connectivity index is 1.86. The largest absolute Gasteiger partial charge is 0.337 e. The molecule has 3 nitrogen and oxygen atoms in total. The summed E-state index contributed by atoms with van der Waals surface area (Å²) < 4.78 is 1.90. The second-order valence-electron chi connectivity index (χ2n) is 6.94. The quantitative estimate of drug-likeness (QED) is 0.661. The molecule has 1 aromatic rings. The smallest absolute Gasteiger partial charge is 0.253 e. The van der Waals surface area contributed by atoms with Gasteiger partial charge < -0.3 is 4.90 Å². The third-order valence-corrected chi connectivity index (χ3v) is 7.66. The number of carbonyl (C=O) groups is 1. The molecule has 2 fully saturated rings. The summed E-state index contributed by atoms with van der Waals surface area (Å²) in [5, 5.41) is 0. The number of amides is 1. The highest BCUT2D eigenvalue weighted by molar-refractivity contribution is 9.13. The Morgan fingerprint density at radius 1 is 1.22 bits per heavy atom. The molecule has 0 radical (unpaired) electrons. The van der Waals surface area contributed by atoms with Gasteiger partial charge in [0.2, 0.25) is 0 Å². The molecule has 1 heterocycles. The first-order valence-electron chi connectivity index (χ1n) is 8.39. The topological polar surface area (TPSA) is 23.6 Å². The van der Waals surface area contributed by atoms with Crippen molar-refractivity contribution >= 4 is 37.8 Å². The fourth-order valence-electron chi connectivity index (χ4n) is 4.51. The van der Waals surface area contributed by atoms with Crippen LogP contribution in [0.3, 0.4) is 0 Å². The van der Waals surface area contributed by atoms with Gasteiger partial charge in [-0.2, -0.15) is 0 Å². The number of nitrogens with zero attached hydrogens (tertiary/aromatic N) is 2. The van der Waals surface area contributed by atoms with Crippen LogP contribution in [0.2, 0.25) is 0 Å². The monoisotopic (exact) mass is 442 g/mol. The zero-order chi connectivity index (χ0) is 16.6. The molecule has 0 aromatic heterocycles. The molecule has 23 heavy (non-hydrogen) atoms. The number of rotatable bonds is 2. The van der Waals surface area contributed by atoms with Crippen molar-refractivity contribution in [3.63, 3.8) is 0 Å². The van der Waals surface area contributed by atoms with Crippen LogP contribution in [0.15, 0.2) is 27.1 Å². The lowest BCUT2D eigenvalue weighted by Gasteiger charge is -2.49. The number of hydrogen-bond acceptors (Lipinski definition) is 2. The maximum atomic E-state index is 13.0. The highest BCUT2D eigenvalue weighted by Crippen LogP contribution is 2.43. The summed E-state index contributed by atoms with van der Waals surface area (Å²) in [5.74, 6) is 0.129. The van der Waals surface area contributed by atoms with Crippen molar-refractivity contribution in [2.75, 3.05) is 20.6 Å². The molecule has 1 spiro atoms. The first-order chi connectivity index (χ1) is 11.0. The Kier molecular flexibility index (Phi) is 5.19. The Hall–Kier alpha value is -0.390. The number of likely N-dealkylation sites (tertiary alicyclic amines) is 1. The van der Waals surface area contributed by atoms with E-state index >= 15 is 0 Å². The second kappa shape index (κ2) is 6.85. The number of likely N-dealkylation sites (N-methyl/N-ethyl adjacent to an activating group) is 2. The standard InChI is InChI=1S/C18H24Br2N2O/c1-21-11-5-10-18(21)9-4-3-6-16(18)22(2)17(23)13-7-8-14(19)15(20)12-13/h7-8,12,16H,3-6,9-11H2,1-2H3/t16-,18+/m1/s1. The van der Waals surface area contributed by atoms with E-state index in [1.807, 2.05) is 30.1 Å². The lowest BCUT2D eigenvalue weighted by Crippen LogP contribution is -2.60. The van der Waals surface area contributed by atoms with Crippen LogP contribution in [0, 0.1) is 0 Å². The number of benzene rings is 1. The van der Waals surface area contributed by atoms with E-state index in [1.54, 1.807) is 0 Å². The van der Waals surface area contributed by atoms with Gasteiger partial charge in [0.05, 0.1) is 6.04 Å². The van der Waals surface area contributed by atoms with Gasteiger partial charge in [0.25, 0.3) is 5.91 Å². The van der Waals surface area contributed by atoms with Crippen LogP contribution in [-0.4, -0.2) is 47.9 Å². The predicted octanol–water partition coefficient (Wildman–Crippen LogP) is 4.69. The van der Waals surface area contributed by atoms with Crippen molar-refractivity contribution in [1.82, 2.24) is 9.80 Å². The van der Waals surface area contributed by atoms with Gasteiger partial charge in [0.1, 0.15) is 0 Å². The maximum absolute atomic E-state index is 13.0. The average molecular weight is 444 g/mol. The molecule has 0 N–H and O–H groups in total. The van der Waals surface area contributed by atoms with E-state index in [-0.39, 0.29) is 11.4 Å². The zero-order valence-electron chi connectivity index (χ0n) is 13.8. The summed E-state index contributed by atoms with van der Waals surface area (Å²) in [6, 6.07) is 6.07. The number of carbonyl (C=O) groups excluding carboxylic acids is 1. The van der Waals surface area contributed by atoms with Gasteiger partial charge in [-0.25, -0.2) is 0 Å². The van der Waals surface area contributed by atoms with Gasteiger partial charge >= 0.3 is 0 Å². The zero-order valence-corrected chi connectivity index (χ0v) is 17.0. The van der Waals surface area contributed by atoms with Gasteiger partial charge in [-0.15, -0.1) is 0 Å². The molecule has 2 aliphatic rings. The lowest BCUT2D eigenvalue weighted by molar-refractivity contribution is 0.0158. The third kappa shape index (κ3) is 3.12. The van der Waals surface area contributed by atoms with Crippen LogP contribution >= 0.6 is 31.9 Å². The Labute approximate surface area is 155 Å². The van der Waals surface area contributed by atoms with Gasteiger partial charge in [-0.3, -0.25) is 9.69 Å². The Morgan fingerprint density at radius 3 is 2.61 bits per heavy atom. The molecule has 1 aliphatic carbocycles. The van der Waals surface area contributed by atoms with E-state index in [9.17, 15) is 4.79 Å². The van der Waals surface area contributed by atoms with Crippen LogP contribution in [0.1, 0.15) is 48.9 Å². The highest BCUT2D eigenvalue weighted by Gasteiger charge is 2.48. The van der Waals surface area contributed by atoms with Crippen molar-refractivity contribution in [3.05, 3.63) is 32.7 Å². The summed E-state index contributed by atoms with van der Waals surface area (Å²) in [6.45, 7) is 1.16. The minimum Gasteiger partial charge on any atom is -0.337 e. The summed E-state index contributed by atoms with van der Waals surface area (Å²) in [5.41, 5.74) is 0.943. The van der Waals surface area contributed by atoms with Gasteiger partial charge in [-0.1, -0.05) is 12.8 Å². The molecule has 2 atom stereocenters. The van der Waals surface area contributed by atoms with E-state index in [0.29, 0.717) is 6.04 Å². The Morgan fingerprint density at radius 2 is 1.96 bits per heavy atom. The molecule has 0 bridgehead atoms. The molecule has 1 aliphatic heterocycles. The third-order valence-electron chi connectivity index (χ3n) is 5.78. The lowest BCUT2D eigenvalue weighted by atomic mass is 9.75. The first-order valence-corrected chi connectivity index (χ1v) is 9.98. The minimum absolute atomic E-state index is 0.129. The van der Waals surface area contributed by atoms with Crippen LogP contribution in [-0.2, 0) is 0 Å². The Bertz CT molecular complexity index is 607.